The van der Waals surface area contributed by atoms with Gasteiger partial charge < -0.3 is 19.9 Å². The van der Waals surface area contributed by atoms with E-state index in [0.29, 0.717) is 0 Å². The Morgan fingerprint density at radius 2 is 1.92 bits per heavy atom. The van der Waals surface area contributed by atoms with Gasteiger partial charge in [-0.3, -0.25) is 4.79 Å². The summed E-state index contributed by atoms with van der Waals surface area (Å²) >= 11 is 0. The molecule has 0 saturated heterocycles. The Labute approximate surface area is 145 Å². The smallest absolute Gasteiger partial charge is 0.408 e. The molecule has 0 saturated carbocycles. The number of carbonyl (C=O) groups excluding carboxylic acids is 2. The standard InChI is InChI=1S/C17H22N4O4/c1-11(22)18-10-13-19-15(21-25-13)14(12-8-6-5-7-9-12)20-16(23)24-17(2,3)4/h5-9,14H,10H2,1-4H3,(H,18,22)(H,20,23). The molecule has 0 aliphatic rings. The highest BCUT2D eigenvalue weighted by atomic mass is 16.6. The van der Waals surface area contributed by atoms with Crippen LogP contribution in [0.1, 0.15) is 51.0 Å². The molecule has 8 heteroatoms. The van der Waals surface area contributed by atoms with Crippen molar-refractivity contribution in [3.63, 3.8) is 0 Å². The Balaban J connectivity index is 2.20. The zero-order valence-corrected chi connectivity index (χ0v) is 14.7. The second kappa shape index (κ2) is 7.78. The molecule has 8 nitrogen and oxygen atoms in total. The summed E-state index contributed by atoms with van der Waals surface area (Å²) in [7, 11) is 0. The minimum atomic E-state index is -0.633. The predicted octanol–water partition coefficient (Wildman–Crippen LogP) is 2.32. The first-order valence-electron chi connectivity index (χ1n) is 7.86. The molecule has 0 bridgehead atoms. The Bertz CT molecular complexity index is 722. The third kappa shape index (κ3) is 5.91. The van der Waals surface area contributed by atoms with E-state index in [9.17, 15) is 9.59 Å². The van der Waals surface area contributed by atoms with Crippen LogP contribution in [0.2, 0.25) is 0 Å². The monoisotopic (exact) mass is 346 g/mol. The Hall–Kier alpha value is -2.90. The van der Waals surface area contributed by atoms with Crippen molar-refractivity contribution in [1.82, 2.24) is 20.8 Å². The first-order valence-corrected chi connectivity index (χ1v) is 7.86. The fraction of sp³-hybridized carbons (Fsp3) is 0.412. The zero-order chi connectivity index (χ0) is 18.4. The summed E-state index contributed by atoms with van der Waals surface area (Å²) in [5.41, 5.74) is 0.152. The maximum Gasteiger partial charge on any atom is 0.408 e. The first kappa shape index (κ1) is 18.4. The van der Waals surface area contributed by atoms with Gasteiger partial charge in [0.25, 0.3) is 0 Å². The van der Waals surface area contributed by atoms with E-state index in [1.165, 1.54) is 6.92 Å². The zero-order valence-electron chi connectivity index (χ0n) is 14.7. The number of hydrogen-bond donors (Lipinski definition) is 2. The number of aromatic nitrogens is 2. The van der Waals surface area contributed by atoms with Crippen LogP contribution in [0, 0.1) is 0 Å². The minimum absolute atomic E-state index is 0.121. The number of rotatable bonds is 5. The number of benzene rings is 1. The van der Waals surface area contributed by atoms with Gasteiger partial charge in [0, 0.05) is 6.92 Å². The molecule has 2 N–H and O–H groups in total. The largest absolute Gasteiger partial charge is 0.444 e. The molecule has 2 amide bonds. The lowest BCUT2D eigenvalue weighted by molar-refractivity contribution is -0.119. The summed E-state index contributed by atoms with van der Waals surface area (Å²) in [5, 5.41) is 9.24. The van der Waals surface area contributed by atoms with Crippen LogP contribution in [0.3, 0.4) is 0 Å². The number of hydrogen-bond acceptors (Lipinski definition) is 6. The topological polar surface area (TPSA) is 106 Å². The lowest BCUT2D eigenvalue weighted by Gasteiger charge is -2.22. The molecule has 1 aromatic carbocycles. The third-order valence-corrected chi connectivity index (χ3v) is 3.02. The maximum atomic E-state index is 12.2. The molecule has 1 heterocycles. The molecule has 0 radical (unpaired) electrons. The molecular weight excluding hydrogens is 324 g/mol. The number of carbonyl (C=O) groups is 2. The molecule has 1 atom stereocenters. The average molecular weight is 346 g/mol. The van der Waals surface area contributed by atoms with Crippen LogP contribution in [0.25, 0.3) is 0 Å². The van der Waals surface area contributed by atoms with E-state index in [1.54, 1.807) is 20.8 Å². The molecule has 0 aliphatic heterocycles. The molecule has 1 aromatic heterocycles. The summed E-state index contributed by atoms with van der Waals surface area (Å²) in [6.07, 6.45) is -0.588. The highest BCUT2D eigenvalue weighted by Crippen LogP contribution is 2.20. The van der Waals surface area contributed by atoms with Crippen molar-refractivity contribution < 1.29 is 18.8 Å². The Morgan fingerprint density at radius 1 is 1.24 bits per heavy atom. The van der Waals surface area contributed by atoms with E-state index in [2.05, 4.69) is 20.8 Å². The SMILES string of the molecule is CC(=O)NCc1nc(C(NC(=O)OC(C)(C)C)c2ccccc2)no1. The van der Waals surface area contributed by atoms with Crippen LogP contribution in [0.15, 0.2) is 34.9 Å². The van der Waals surface area contributed by atoms with Crippen molar-refractivity contribution in [2.24, 2.45) is 0 Å². The minimum Gasteiger partial charge on any atom is -0.444 e. The van der Waals surface area contributed by atoms with Crippen molar-refractivity contribution in [3.05, 3.63) is 47.6 Å². The molecule has 2 rings (SSSR count). The van der Waals surface area contributed by atoms with E-state index in [1.807, 2.05) is 30.3 Å². The fourth-order valence-electron chi connectivity index (χ4n) is 2.03. The molecule has 0 spiro atoms. The van der Waals surface area contributed by atoms with Gasteiger partial charge in [0.05, 0.1) is 6.54 Å². The van der Waals surface area contributed by atoms with Gasteiger partial charge in [-0.1, -0.05) is 35.5 Å². The quantitative estimate of drug-likeness (QED) is 0.860. The van der Waals surface area contributed by atoms with Crippen LogP contribution < -0.4 is 10.6 Å². The number of ether oxygens (including phenoxy) is 1. The lowest BCUT2D eigenvalue weighted by Crippen LogP contribution is -2.35. The lowest BCUT2D eigenvalue weighted by atomic mass is 10.1. The van der Waals surface area contributed by atoms with Gasteiger partial charge in [-0.2, -0.15) is 4.98 Å². The molecule has 0 aliphatic carbocycles. The van der Waals surface area contributed by atoms with E-state index in [4.69, 9.17) is 9.26 Å². The molecular formula is C17H22N4O4. The van der Waals surface area contributed by atoms with Crippen molar-refractivity contribution >= 4 is 12.0 Å². The van der Waals surface area contributed by atoms with E-state index < -0.39 is 17.7 Å². The molecule has 134 valence electrons. The van der Waals surface area contributed by atoms with Crippen molar-refractivity contribution in [1.29, 1.82) is 0 Å². The van der Waals surface area contributed by atoms with Gasteiger partial charge in [-0.15, -0.1) is 0 Å². The van der Waals surface area contributed by atoms with Gasteiger partial charge in [-0.05, 0) is 26.3 Å². The summed E-state index contributed by atoms with van der Waals surface area (Å²) in [6, 6.07) is 8.60. The third-order valence-electron chi connectivity index (χ3n) is 3.02. The van der Waals surface area contributed by atoms with Gasteiger partial charge in [0.2, 0.25) is 11.8 Å². The van der Waals surface area contributed by atoms with Crippen LogP contribution in [-0.2, 0) is 16.1 Å². The second-order valence-electron chi connectivity index (χ2n) is 6.45. The van der Waals surface area contributed by atoms with Crippen molar-refractivity contribution in [2.45, 2.75) is 45.9 Å². The van der Waals surface area contributed by atoms with Gasteiger partial charge >= 0.3 is 6.09 Å². The van der Waals surface area contributed by atoms with Crippen LogP contribution in [0.5, 0.6) is 0 Å². The number of nitrogens with zero attached hydrogens (tertiary/aromatic N) is 2. The number of amides is 2. The molecule has 2 aromatic rings. The molecule has 0 fully saturated rings. The van der Waals surface area contributed by atoms with E-state index >= 15 is 0 Å². The molecule has 25 heavy (non-hydrogen) atoms. The summed E-state index contributed by atoms with van der Waals surface area (Å²) < 4.78 is 10.4. The maximum absolute atomic E-state index is 12.2. The summed E-state index contributed by atoms with van der Waals surface area (Å²) in [4.78, 5) is 27.4. The van der Waals surface area contributed by atoms with Crippen LogP contribution in [-0.4, -0.2) is 27.7 Å². The predicted molar refractivity (Wildman–Crippen MR) is 89.5 cm³/mol. The number of alkyl carbamates (subject to hydrolysis) is 1. The highest BCUT2D eigenvalue weighted by molar-refractivity contribution is 5.72. The Kier molecular flexibility index (Phi) is 5.74. The average Bonchev–Trinajstić information content (AvgIpc) is 2.98. The highest BCUT2D eigenvalue weighted by Gasteiger charge is 2.25. The summed E-state index contributed by atoms with van der Waals surface area (Å²) in [5.74, 6) is 0.320. The normalized spacial score (nSPS) is 12.3. The van der Waals surface area contributed by atoms with E-state index in [0.717, 1.165) is 5.56 Å². The summed E-state index contributed by atoms with van der Waals surface area (Å²) in [6.45, 7) is 6.86. The Morgan fingerprint density at radius 3 is 2.52 bits per heavy atom. The molecule has 1 unspecified atom stereocenters. The van der Waals surface area contributed by atoms with Gasteiger partial charge in [0.1, 0.15) is 11.6 Å². The second-order valence-corrected chi connectivity index (χ2v) is 6.45. The van der Waals surface area contributed by atoms with Gasteiger partial charge in [-0.25, -0.2) is 4.79 Å². The van der Waals surface area contributed by atoms with Crippen molar-refractivity contribution in [3.8, 4) is 0 Å². The fourth-order valence-corrected chi connectivity index (χ4v) is 2.03. The van der Waals surface area contributed by atoms with E-state index in [-0.39, 0.29) is 24.2 Å². The van der Waals surface area contributed by atoms with Crippen LogP contribution >= 0.6 is 0 Å². The number of nitrogens with one attached hydrogen (secondary N) is 2. The van der Waals surface area contributed by atoms with Gasteiger partial charge in [0.15, 0.2) is 5.82 Å². The van der Waals surface area contributed by atoms with Crippen LogP contribution in [0.4, 0.5) is 4.79 Å². The van der Waals surface area contributed by atoms with Crippen molar-refractivity contribution in [2.75, 3.05) is 0 Å². The first-order chi connectivity index (χ1) is 11.7.